The lowest BCUT2D eigenvalue weighted by atomic mass is 10.1. The van der Waals surface area contributed by atoms with Gasteiger partial charge in [-0.3, -0.25) is 0 Å². The van der Waals surface area contributed by atoms with Crippen LogP contribution >= 0.6 is 15.9 Å². The zero-order valence-electron chi connectivity index (χ0n) is 13.9. The molecule has 1 aromatic carbocycles. The fourth-order valence-corrected chi connectivity index (χ4v) is 2.78. The van der Waals surface area contributed by atoms with E-state index in [0.29, 0.717) is 18.2 Å². The SMILES string of the molecule is CC(NCc1cc(Br)ccc1OCC1CC1)c1ccc(C(=O)O)nn1. The number of aromatic carboxylic acids is 1. The van der Waals surface area contributed by atoms with E-state index in [1.165, 1.54) is 18.9 Å². The predicted molar refractivity (Wildman–Crippen MR) is 96.6 cm³/mol. The van der Waals surface area contributed by atoms with Gasteiger partial charge in [0.15, 0.2) is 5.69 Å². The van der Waals surface area contributed by atoms with Crippen molar-refractivity contribution in [3.8, 4) is 5.75 Å². The molecule has 1 aliphatic rings. The molecular weight excluding hydrogens is 386 g/mol. The summed E-state index contributed by atoms with van der Waals surface area (Å²) in [6, 6.07) is 9.08. The quantitative estimate of drug-likeness (QED) is 0.697. The number of hydrogen-bond donors (Lipinski definition) is 2. The zero-order chi connectivity index (χ0) is 17.8. The summed E-state index contributed by atoms with van der Waals surface area (Å²) >= 11 is 3.50. The predicted octanol–water partition coefficient (Wildman–Crippen LogP) is 3.58. The molecule has 2 aromatic rings. The van der Waals surface area contributed by atoms with Gasteiger partial charge in [0, 0.05) is 22.6 Å². The van der Waals surface area contributed by atoms with Crippen molar-refractivity contribution in [3.05, 3.63) is 51.8 Å². The molecule has 2 N–H and O–H groups in total. The van der Waals surface area contributed by atoms with E-state index in [-0.39, 0.29) is 11.7 Å². The lowest BCUT2D eigenvalue weighted by Crippen LogP contribution is -2.20. The Balaban J connectivity index is 1.63. The van der Waals surface area contributed by atoms with Gasteiger partial charge >= 0.3 is 5.97 Å². The molecule has 1 aliphatic carbocycles. The van der Waals surface area contributed by atoms with E-state index in [0.717, 1.165) is 22.4 Å². The molecular formula is C18H20BrN3O3. The highest BCUT2D eigenvalue weighted by Gasteiger charge is 2.22. The van der Waals surface area contributed by atoms with Crippen molar-refractivity contribution >= 4 is 21.9 Å². The second-order valence-corrected chi connectivity index (χ2v) is 7.17. The van der Waals surface area contributed by atoms with E-state index in [1.807, 2.05) is 25.1 Å². The van der Waals surface area contributed by atoms with Crippen LogP contribution in [0.5, 0.6) is 5.75 Å². The molecule has 0 radical (unpaired) electrons. The number of carboxylic acid groups (broad SMARTS) is 1. The van der Waals surface area contributed by atoms with Crippen molar-refractivity contribution in [2.24, 2.45) is 5.92 Å². The summed E-state index contributed by atoms with van der Waals surface area (Å²) < 4.78 is 6.94. The third-order valence-corrected chi connectivity index (χ3v) is 4.63. The Hall–Kier alpha value is -1.99. The maximum atomic E-state index is 10.8. The number of halogens is 1. The van der Waals surface area contributed by atoms with E-state index >= 15 is 0 Å². The lowest BCUT2D eigenvalue weighted by Gasteiger charge is -2.16. The molecule has 0 bridgehead atoms. The van der Waals surface area contributed by atoms with Crippen molar-refractivity contribution in [2.75, 3.05) is 6.61 Å². The van der Waals surface area contributed by atoms with Gasteiger partial charge in [0.05, 0.1) is 12.3 Å². The molecule has 25 heavy (non-hydrogen) atoms. The van der Waals surface area contributed by atoms with Gasteiger partial charge in [-0.05, 0) is 56.0 Å². The standard InChI is InChI=1S/C18H20BrN3O3/c1-11(15-5-6-16(18(23)24)22-21-15)20-9-13-8-14(19)4-7-17(13)25-10-12-2-3-12/h4-8,11-12,20H,2-3,9-10H2,1H3,(H,23,24). The number of carbonyl (C=O) groups is 1. The van der Waals surface area contributed by atoms with Crippen LogP contribution in [0, 0.1) is 5.92 Å². The monoisotopic (exact) mass is 405 g/mol. The molecule has 1 saturated carbocycles. The second-order valence-electron chi connectivity index (χ2n) is 6.26. The normalized spacial score (nSPS) is 15.0. The van der Waals surface area contributed by atoms with Gasteiger partial charge in [-0.15, -0.1) is 5.10 Å². The van der Waals surface area contributed by atoms with Gasteiger partial charge in [0.25, 0.3) is 0 Å². The summed E-state index contributed by atoms with van der Waals surface area (Å²) in [5.74, 6) is 0.514. The van der Waals surface area contributed by atoms with Crippen LogP contribution in [0.15, 0.2) is 34.8 Å². The minimum absolute atomic E-state index is 0.0568. The zero-order valence-corrected chi connectivity index (χ0v) is 15.5. The Morgan fingerprint density at radius 1 is 1.36 bits per heavy atom. The first-order valence-electron chi connectivity index (χ1n) is 8.24. The van der Waals surface area contributed by atoms with Crippen molar-refractivity contribution in [1.29, 1.82) is 0 Å². The van der Waals surface area contributed by atoms with Crippen LogP contribution in [0.2, 0.25) is 0 Å². The summed E-state index contributed by atoms with van der Waals surface area (Å²) in [6.45, 7) is 3.35. The summed E-state index contributed by atoms with van der Waals surface area (Å²) in [6.07, 6.45) is 2.51. The Bertz CT molecular complexity index is 748. The first-order valence-corrected chi connectivity index (χ1v) is 9.03. The molecule has 1 atom stereocenters. The smallest absolute Gasteiger partial charge is 0.356 e. The molecule has 0 spiro atoms. The highest BCUT2D eigenvalue weighted by molar-refractivity contribution is 9.10. The van der Waals surface area contributed by atoms with E-state index in [4.69, 9.17) is 9.84 Å². The Morgan fingerprint density at radius 3 is 2.80 bits per heavy atom. The average molecular weight is 406 g/mol. The molecule has 0 amide bonds. The highest BCUT2D eigenvalue weighted by Crippen LogP contribution is 2.31. The maximum Gasteiger partial charge on any atom is 0.356 e. The molecule has 7 heteroatoms. The number of carboxylic acids is 1. The van der Waals surface area contributed by atoms with Gasteiger partial charge in [-0.25, -0.2) is 4.79 Å². The van der Waals surface area contributed by atoms with Gasteiger partial charge in [-0.1, -0.05) is 15.9 Å². The van der Waals surface area contributed by atoms with Crippen LogP contribution in [0.25, 0.3) is 0 Å². The number of rotatable bonds is 8. The van der Waals surface area contributed by atoms with Gasteiger partial charge in [-0.2, -0.15) is 5.10 Å². The van der Waals surface area contributed by atoms with Gasteiger partial charge in [0.1, 0.15) is 5.75 Å². The van der Waals surface area contributed by atoms with Crippen LogP contribution in [0.4, 0.5) is 0 Å². The van der Waals surface area contributed by atoms with Crippen molar-refractivity contribution in [1.82, 2.24) is 15.5 Å². The number of ether oxygens (including phenoxy) is 1. The second kappa shape index (κ2) is 7.93. The van der Waals surface area contributed by atoms with E-state index < -0.39 is 5.97 Å². The molecule has 1 unspecified atom stereocenters. The molecule has 1 aromatic heterocycles. The van der Waals surface area contributed by atoms with Crippen LogP contribution in [0.1, 0.15) is 47.6 Å². The van der Waals surface area contributed by atoms with E-state index in [9.17, 15) is 4.79 Å². The van der Waals surface area contributed by atoms with Crippen LogP contribution < -0.4 is 10.1 Å². The van der Waals surface area contributed by atoms with Crippen molar-refractivity contribution in [2.45, 2.75) is 32.4 Å². The molecule has 0 saturated heterocycles. The van der Waals surface area contributed by atoms with Gasteiger partial charge in [0.2, 0.25) is 0 Å². The molecule has 1 heterocycles. The third kappa shape index (κ3) is 4.99. The number of hydrogen-bond acceptors (Lipinski definition) is 5. The lowest BCUT2D eigenvalue weighted by molar-refractivity contribution is 0.0689. The first-order chi connectivity index (χ1) is 12.0. The highest BCUT2D eigenvalue weighted by atomic mass is 79.9. The Morgan fingerprint density at radius 2 is 2.16 bits per heavy atom. The van der Waals surface area contributed by atoms with Crippen LogP contribution in [-0.2, 0) is 6.54 Å². The van der Waals surface area contributed by atoms with Crippen LogP contribution in [-0.4, -0.2) is 27.9 Å². The summed E-state index contributed by atoms with van der Waals surface area (Å²) in [5.41, 5.74) is 1.70. The Labute approximate surface area is 154 Å². The topological polar surface area (TPSA) is 84.3 Å². The molecule has 132 valence electrons. The number of aromatic nitrogens is 2. The first kappa shape index (κ1) is 17.8. The number of benzene rings is 1. The van der Waals surface area contributed by atoms with Crippen LogP contribution in [0.3, 0.4) is 0 Å². The summed E-state index contributed by atoms with van der Waals surface area (Å²) in [4.78, 5) is 10.8. The van der Waals surface area contributed by atoms with Crippen molar-refractivity contribution in [3.63, 3.8) is 0 Å². The summed E-state index contributed by atoms with van der Waals surface area (Å²) in [7, 11) is 0. The minimum atomic E-state index is -1.08. The number of nitrogens with zero attached hydrogens (tertiary/aromatic N) is 2. The Kier molecular flexibility index (Phi) is 5.65. The number of nitrogens with one attached hydrogen (secondary N) is 1. The van der Waals surface area contributed by atoms with E-state index in [2.05, 4.69) is 31.4 Å². The average Bonchev–Trinajstić information content (AvgIpc) is 3.43. The fraction of sp³-hybridized carbons (Fsp3) is 0.389. The summed E-state index contributed by atoms with van der Waals surface area (Å²) in [5, 5.41) is 20.0. The van der Waals surface area contributed by atoms with E-state index in [1.54, 1.807) is 6.07 Å². The largest absolute Gasteiger partial charge is 0.493 e. The molecule has 6 nitrogen and oxygen atoms in total. The molecule has 1 fully saturated rings. The van der Waals surface area contributed by atoms with Gasteiger partial charge < -0.3 is 15.2 Å². The fourth-order valence-electron chi connectivity index (χ4n) is 2.37. The molecule has 3 rings (SSSR count). The maximum absolute atomic E-state index is 10.8. The minimum Gasteiger partial charge on any atom is -0.493 e. The van der Waals surface area contributed by atoms with Crippen molar-refractivity contribution < 1.29 is 14.6 Å². The third-order valence-electron chi connectivity index (χ3n) is 4.14. The molecule has 0 aliphatic heterocycles.